The number of ether oxygens (including phenoxy) is 1. The van der Waals surface area contributed by atoms with Gasteiger partial charge in [-0.15, -0.1) is 0 Å². The van der Waals surface area contributed by atoms with Crippen molar-refractivity contribution in [2.45, 2.75) is 19.4 Å². The predicted molar refractivity (Wildman–Crippen MR) is 71.5 cm³/mol. The molecule has 0 saturated carbocycles. The van der Waals surface area contributed by atoms with E-state index < -0.39 is 0 Å². The highest BCUT2D eigenvalue weighted by molar-refractivity contribution is 5.05. The van der Waals surface area contributed by atoms with Crippen molar-refractivity contribution in [1.82, 2.24) is 10.2 Å². The maximum absolute atomic E-state index is 5.45. The topological polar surface area (TPSA) is 37.6 Å². The summed E-state index contributed by atoms with van der Waals surface area (Å²) in [6.45, 7) is 5.07. The average molecular weight is 252 g/mol. The van der Waals surface area contributed by atoms with E-state index in [0.29, 0.717) is 5.41 Å². The standard InChI is InChI=1S/C14H24N2O2/c1-16(9-13-3-8-18-10-13)11-14(12-17-2)4-6-15-7-5-14/h3,8,10,15H,4-7,9,11-12H2,1-2H3. The van der Waals surface area contributed by atoms with Crippen molar-refractivity contribution in [3.63, 3.8) is 0 Å². The predicted octanol–water partition coefficient (Wildman–Crippen LogP) is 1.73. The van der Waals surface area contributed by atoms with Crippen LogP contribution in [0.15, 0.2) is 23.0 Å². The summed E-state index contributed by atoms with van der Waals surface area (Å²) >= 11 is 0. The third-order valence-corrected chi connectivity index (χ3v) is 3.75. The van der Waals surface area contributed by atoms with E-state index >= 15 is 0 Å². The van der Waals surface area contributed by atoms with Gasteiger partial charge in [0.25, 0.3) is 0 Å². The summed E-state index contributed by atoms with van der Waals surface area (Å²) in [5, 5.41) is 3.43. The zero-order valence-electron chi connectivity index (χ0n) is 11.4. The molecule has 4 nitrogen and oxygen atoms in total. The van der Waals surface area contributed by atoms with E-state index in [2.05, 4.69) is 17.3 Å². The van der Waals surface area contributed by atoms with Gasteiger partial charge in [0.05, 0.1) is 19.1 Å². The van der Waals surface area contributed by atoms with E-state index in [4.69, 9.17) is 9.15 Å². The minimum Gasteiger partial charge on any atom is -0.472 e. The molecule has 0 amide bonds. The highest BCUT2D eigenvalue weighted by Crippen LogP contribution is 2.30. The van der Waals surface area contributed by atoms with Gasteiger partial charge in [-0.3, -0.25) is 0 Å². The normalized spacial score (nSPS) is 19.3. The molecule has 1 fully saturated rings. The maximum Gasteiger partial charge on any atom is 0.0947 e. The summed E-state index contributed by atoms with van der Waals surface area (Å²) in [4.78, 5) is 2.37. The second-order valence-corrected chi connectivity index (χ2v) is 5.49. The minimum absolute atomic E-state index is 0.304. The molecule has 1 aromatic rings. The summed E-state index contributed by atoms with van der Waals surface area (Å²) in [7, 11) is 3.98. The van der Waals surface area contributed by atoms with Gasteiger partial charge in [0.15, 0.2) is 0 Å². The monoisotopic (exact) mass is 252 g/mol. The van der Waals surface area contributed by atoms with Gasteiger partial charge in [0.2, 0.25) is 0 Å². The highest BCUT2D eigenvalue weighted by Gasteiger charge is 2.33. The molecule has 0 bridgehead atoms. The Bertz CT molecular complexity index is 326. The van der Waals surface area contributed by atoms with Crippen molar-refractivity contribution >= 4 is 0 Å². The van der Waals surface area contributed by atoms with Crippen LogP contribution in [0.5, 0.6) is 0 Å². The summed E-state index contributed by atoms with van der Waals surface area (Å²) in [5.74, 6) is 0. The Morgan fingerprint density at radius 1 is 1.44 bits per heavy atom. The molecule has 1 aliphatic heterocycles. The first-order valence-electron chi connectivity index (χ1n) is 6.63. The molecule has 4 heteroatoms. The van der Waals surface area contributed by atoms with Crippen LogP contribution in [0.2, 0.25) is 0 Å². The van der Waals surface area contributed by atoms with Gasteiger partial charge in [0, 0.05) is 31.2 Å². The van der Waals surface area contributed by atoms with Crippen molar-refractivity contribution in [3.8, 4) is 0 Å². The second kappa shape index (κ2) is 6.36. The summed E-state index contributed by atoms with van der Waals surface area (Å²) in [5.41, 5.74) is 1.54. The molecule has 0 unspecified atom stereocenters. The van der Waals surface area contributed by atoms with Crippen LogP contribution in [-0.2, 0) is 11.3 Å². The Morgan fingerprint density at radius 2 is 2.22 bits per heavy atom. The van der Waals surface area contributed by atoms with E-state index in [9.17, 15) is 0 Å². The van der Waals surface area contributed by atoms with Crippen molar-refractivity contribution in [2.75, 3.05) is 40.4 Å². The number of hydrogen-bond acceptors (Lipinski definition) is 4. The lowest BCUT2D eigenvalue weighted by Gasteiger charge is -2.39. The first-order chi connectivity index (χ1) is 8.74. The SMILES string of the molecule is COCC1(CN(C)Cc2ccoc2)CCNCC1. The zero-order valence-corrected chi connectivity index (χ0v) is 11.4. The van der Waals surface area contributed by atoms with Crippen molar-refractivity contribution < 1.29 is 9.15 Å². The molecule has 0 aromatic carbocycles. The molecule has 1 aromatic heterocycles. The summed E-state index contributed by atoms with van der Waals surface area (Å²) in [6.07, 6.45) is 5.94. The zero-order chi connectivity index (χ0) is 12.8. The molecule has 2 rings (SSSR count). The van der Waals surface area contributed by atoms with Crippen molar-refractivity contribution in [2.24, 2.45) is 5.41 Å². The van der Waals surface area contributed by atoms with Crippen LogP contribution >= 0.6 is 0 Å². The van der Waals surface area contributed by atoms with Gasteiger partial charge in [-0.25, -0.2) is 0 Å². The average Bonchev–Trinajstić information content (AvgIpc) is 2.83. The Labute approximate surface area is 109 Å². The summed E-state index contributed by atoms with van der Waals surface area (Å²) < 4.78 is 10.6. The number of piperidine rings is 1. The number of nitrogens with one attached hydrogen (secondary N) is 1. The Kier molecular flexibility index (Phi) is 4.80. The van der Waals surface area contributed by atoms with Crippen LogP contribution in [0.4, 0.5) is 0 Å². The van der Waals surface area contributed by atoms with Crippen LogP contribution in [0.3, 0.4) is 0 Å². The van der Waals surface area contributed by atoms with E-state index in [1.807, 2.05) is 12.3 Å². The van der Waals surface area contributed by atoms with Gasteiger partial charge < -0.3 is 19.4 Å². The molecular formula is C14H24N2O2. The smallest absolute Gasteiger partial charge is 0.0947 e. The maximum atomic E-state index is 5.45. The summed E-state index contributed by atoms with van der Waals surface area (Å²) in [6, 6.07) is 2.03. The molecule has 1 aliphatic rings. The first-order valence-corrected chi connectivity index (χ1v) is 6.63. The number of rotatable bonds is 6. The fraction of sp³-hybridized carbons (Fsp3) is 0.714. The molecule has 0 atom stereocenters. The van der Waals surface area contributed by atoms with Crippen molar-refractivity contribution in [1.29, 1.82) is 0 Å². The molecule has 1 N–H and O–H groups in total. The van der Waals surface area contributed by atoms with Gasteiger partial charge in [-0.05, 0) is 39.0 Å². The highest BCUT2D eigenvalue weighted by atomic mass is 16.5. The lowest BCUT2D eigenvalue weighted by Crippen LogP contribution is -2.46. The van der Waals surface area contributed by atoms with Gasteiger partial charge in [-0.1, -0.05) is 0 Å². The molecule has 2 heterocycles. The number of furan rings is 1. The van der Waals surface area contributed by atoms with Gasteiger partial charge >= 0.3 is 0 Å². The van der Waals surface area contributed by atoms with E-state index in [0.717, 1.165) is 32.8 Å². The number of hydrogen-bond donors (Lipinski definition) is 1. The van der Waals surface area contributed by atoms with E-state index in [-0.39, 0.29) is 0 Å². The molecule has 18 heavy (non-hydrogen) atoms. The molecule has 0 radical (unpaired) electrons. The molecule has 1 saturated heterocycles. The van der Waals surface area contributed by atoms with Crippen LogP contribution in [0, 0.1) is 5.41 Å². The van der Waals surface area contributed by atoms with Gasteiger partial charge in [0.1, 0.15) is 0 Å². The lowest BCUT2D eigenvalue weighted by molar-refractivity contribution is 0.0268. The van der Waals surface area contributed by atoms with Crippen molar-refractivity contribution in [3.05, 3.63) is 24.2 Å². The van der Waals surface area contributed by atoms with Crippen LogP contribution in [-0.4, -0.2) is 45.3 Å². The van der Waals surface area contributed by atoms with Crippen LogP contribution in [0.25, 0.3) is 0 Å². The Hall–Kier alpha value is -0.840. The van der Waals surface area contributed by atoms with Crippen LogP contribution in [0.1, 0.15) is 18.4 Å². The Morgan fingerprint density at radius 3 is 2.83 bits per heavy atom. The van der Waals surface area contributed by atoms with Gasteiger partial charge in [-0.2, -0.15) is 0 Å². The van der Waals surface area contributed by atoms with E-state index in [1.54, 1.807) is 13.4 Å². The number of nitrogens with zero attached hydrogens (tertiary/aromatic N) is 1. The Balaban J connectivity index is 1.91. The first kappa shape index (κ1) is 13.6. The largest absolute Gasteiger partial charge is 0.472 e. The fourth-order valence-electron chi connectivity index (χ4n) is 2.93. The molecule has 102 valence electrons. The third kappa shape index (κ3) is 3.57. The molecule has 0 aliphatic carbocycles. The quantitative estimate of drug-likeness (QED) is 0.836. The second-order valence-electron chi connectivity index (χ2n) is 5.49. The van der Waals surface area contributed by atoms with Crippen LogP contribution < -0.4 is 5.32 Å². The number of methoxy groups -OCH3 is 1. The van der Waals surface area contributed by atoms with E-state index in [1.165, 1.54) is 18.4 Å². The molecular weight excluding hydrogens is 228 g/mol. The molecule has 0 spiro atoms. The lowest BCUT2D eigenvalue weighted by atomic mass is 9.79. The minimum atomic E-state index is 0.304. The fourth-order valence-corrected chi connectivity index (χ4v) is 2.93. The third-order valence-electron chi connectivity index (χ3n) is 3.75.